The van der Waals surface area contributed by atoms with Crippen LogP contribution in [0.5, 0.6) is 0 Å². The average molecular weight is 297 g/mol. The largest absolute Gasteiger partial charge is 0.293 e. The Morgan fingerprint density at radius 1 is 1.32 bits per heavy atom. The van der Waals surface area contributed by atoms with Crippen LogP contribution in [-0.2, 0) is 4.79 Å². The molecule has 22 heavy (non-hydrogen) atoms. The third-order valence-electron chi connectivity index (χ3n) is 3.57. The first kappa shape index (κ1) is 12.9. The van der Waals surface area contributed by atoms with Gasteiger partial charge in [-0.05, 0) is 31.0 Å². The first-order valence-corrected chi connectivity index (χ1v) is 6.99. The van der Waals surface area contributed by atoms with E-state index in [9.17, 15) is 9.18 Å². The molecule has 1 aliphatic carbocycles. The van der Waals surface area contributed by atoms with E-state index in [1.165, 1.54) is 12.3 Å². The predicted octanol–water partition coefficient (Wildman–Crippen LogP) is 2.28. The zero-order chi connectivity index (χ0) is 15.1. The maximum atomic E-state index is 13.3. The molecule has 0 bridgehead atoms. The number of carbonyl (C=O) groups excluding carboxylic acids is 1. The fraction of sp³-hybridized carbons (Fsp3) is 0.200. The Bertz CT molecular complexity index is 871. The van der Waals surface area contributed by atoms with Gasteiger partial charge in [-0.3, -0.25) is 10.1 Å². The normalized spacial score (nSPS) is 14.2. The number of carbonyl (C=O) groups is 1. The number of halogens is 1. The van der Waals surface area contributed by atoms with Crippen LogP contribution in [0, 0.1) is 11.9 Å². The first-order valence-electron chi connectivity index (χ1n) is 6.99. The number of rotatable bonds is 3. The van der Waals surface area contributed by atoms with Gasteiger partial charge in [0.15, 0.2) is 5.65 Å². The van der Waals surface area contributed by atoms with Crippen LogP contribution in [0.4, 0.5) is 10.3 Å². The number of fused-ring (bicyclic) bond motifs is 1. The molecule has 110 valence electrons. The first-order chi connectivity index (χ1) is 10.7. The molecule has 3 heterocycles. The highest BCUT2D eigenvalue weighted by Gasteiger charge is 2.30. The second-order valence-electron chi connectivity index (χ2n) is 5.25. The zero-order valence-electron chi connectivity index (χ0n) is 11.5. The Labute approximate surface area is 125 Å². The van der Waals surface area contributed by atoms with Crippen LogP contribution >= 0.6 is 0 Å². The summed E-state index contributed by atoms with van der Waals surface area (Å²) in [6.45, 7) is 0. The highest BCUT2D eigenvalue weighted by molar-refractivity contribution is 5.92. The topological polar surface area (TPSA) is 72.2 Å². The van der Waals surface area contributed by atoms with Crippen LogP contribution in [0.2, 0.25) is 0 Å². The number of amides is 1. The molecule has 4 rings (SSSR count). The van der Waals surface area contributed by atoms with E-state index in [0.29, 0.717) is 16.9 Å². The number of aromatic nitrogens is 4. The van der Waals surface area contributed by atoms with Gasteiger partial charge in [-0.15, -0.1) is 5.10 Å². The Morgan fingerprint density at radius 2 is 2.18 bits per heavy atom. The highest BCUT2D eigenvalue weighted by atomic mass is 19.1. The minimum absolute atomic E-state index is 0.0487. The molecule has 0 aromatic carbocycles. The number of hydrogen-bond donors (Lipinski definition) is 1. The van der Waals surface area contributed by atoms with E-state index in [1.54, 1.807) is 16.6 Å². The Balaban J connectivity index is 1.76. The van der Waals surface area contributed by atoms with Crippen LogP contribution < -0.4 is 5.32 Å². The maximum Gasteiger partial charge on any atom is 0.249 e. The second-order valence-corrected chi connectivity index (χ2v) is 5.25. The molecule has 7 heteroatoms. The number of nitrogens with one attached hydrogen (secondary N) is 1. The van der Waals surface area contributed by atoms with Crippen LogP contribution in [0.25, 0.3) is 16.9 Å². The molecule has 6 nitrogen and oxygen atoms in total. The second kappa shape index (κ2) is 4.87. The quantitative estimate of drug-likeness (QED) is 0.753. The van der Waals surface area contributed by atoms with Crippen molar-refractivity contribution in [1.82, 2.24) is 19.6 Å². The molecule has 1 saturated carbocycles. The highest BCUT2D eigenvalue weighted by Crippen LogP contribution is 2.30. The number of hydrogen-bond acceptors (Lipinski definition) is 4. The van der Waals surface area contributed by atoms with Gasteiger partial charge in [0.25, 0.3) is 0 Å². The van der Waals surface area contributed by atoms with Crippen molar-refractivity contribution in [3.8, 4) is 11.3 Å². The third-order valence-corrected chi connectivity index (χ3v) is 3.57. The van der Waals surface area contributed by atoms with Crippen LogP contribution in [0.1, 0.15) is 12.8 Å². The summed E-state index contributed by atoms with van der Waals surface area (Å²) in [4.78, 5) is 19.6. The molecule has 3 aromatic rings. The number of anilines is 1. The molecule has 0 aliphatic heterocycles. The summed E-state index contributed by atoms with van der Waals surface area (Å²) in [7, 11) is 0. The van der Waals surface area contributed by atoms with Gasteiger partial charge in [0.05, 0.1) is 5.69 Å². The zero-order valence-corrected chi connectivity index (χ0v) is 11.5. The summed E-state index contributed by atoms with van der Waals surface area (Å²) in [6.07, 6.45) is 3.23. The van der Waals surface area contributed by atoms with Gasteiger partial charge in [-0.1, -0.05) is 6.07 Å². The molecule has 1 N–H and O–H groups in total. The summed E-state index contributed by atoms with van der Waals surface area (Å²) in [5.74, 6) is -0.261. The van der Waals surface area contributed by atoms with Gasteiger partial charge < -0.3 is 0 Å². The van der Waals surface area contributed by atoms with Crippen molar-refractivity contribution < 1.29 is 9.18 Å². The standard InChI is InChI=1S/C15H12FN5O/c16-12-8-10(6-7-17-12)11-2-1-3-13-18-15(20-21(11)13)19-14(22)9-4-5-9/h1-3,6-9H,4-5H2,(H,19,20,22). The van der Waals surface area contributed by atoms with Crippen molar-refractivity contribution in [2.24, 2.45) is 5.92 Å². The van der Waals surface area contributed by atoms with Crippen LogP contribution in [0.3, 0.4) is 0 Å². The van der Waals surface area contributed by atoms with Gasteiger partial charge in [0, 0.05) is 23.7 Å². The molecule has 1 amide bonds. The van der Waals surface area contributed by atoms with Crippen molar-refractivity contribution in [3.63, 3.8) is 0 Å². The van der Waals surface area contributed by atoms with E-state index in [2.05, 4.69) is 20.4 Å². The summed E-state index contributed by atoms with van der Waals surface area (Å²) in [6, 6.07) is 8.43. The lowest BCUT2D eigenvalue weighted by atomic mass is 10.2. The van der Waals surface area contributed by atoms with Crippen molar-refractivity contribution in [1.29, 1.82) is 0 Å². The molecule has 0 unspecified atom stereocenters. The fourth-order valence-electron chi connectivity index (χ4n) is 2.30. The average Bonchev–Trinajstić information content (AvgIpc) is 3.27. The molecule has 0 spiro atoms. The van der Waals surface area contributed by atoms with E-state index in [-0.39, 0.29) is 17.8 Å². The summed E-state index contributed by atoms with van der Waals surface area (Å²) in [5, 5.41) is 7.01. The summed E-state index contributed by atoms with van der Waals surface area (Å²) >= 11 is 0. The number of nitrogens with zero attached hydrogens (tertiary/aromatic N) is 4. The van der Waals surface area contributed by atoms with Crippen molar-refractivity contribution in [2.45, 2.75) is 12.8 Å². The molecular weight excluding hydrogens is 285 g/mol. The van der Waals surface area contributed by atoms with E-state index in [0.717, 1.165) is 12.8 Å². The summed E-state index contributed by atoms with van der Waals surface area (Å²) < 4.78 is 14.9. The van der Waals surface area contributed by atoms with Crippen LogP contribution in [-0.4, -0.2) is 25.5 Å². The lowest BCUT2D eigenvalue weighted by molar-refractivity contribution is -0.117. The SMILES string of the molecule is O=C(Nc1nc2cccc(-c3ccnc(F)c3)n2n1)C1CC1. The van der Waals surface area contributed by atoms with Crippen molar-refractivity contribution in [2.75, 3.05) is 5.32 Å². The van der Waals surface area contributed by atoms with Gasteiger partial charge >= 0.3 is 0 Å². The van der Waals surface area contributed by atoms with Crippen molar-refractivity contribution >= 4 is 17.5 Å². The molecular formula is C15H12FN5O. The monoisotopic (exact) mass is 297 g/mol. The predicted molar refractivity (Wildman–Crippen MR) is 77.5 cm³/mol. The van der Waals surface area contributed by atoms with Crippen LogP contribution in [0.15, 0.2) is 36.5 Å². The molecule has 0 atom stereocenters. The third kappa shape index (κ3) is 2.30. The van der Waals surface area contributed by atoms with Gasteiger partial charge in [-0.25, -0.2) is 9.50 Å². The smallest absolute Gasteiger partial charge is 0.249 e. The Hall–Kier alpha value is -2.83. The van der Waals surface area contributed by atoms with Gasteiger partial charge in [-0.2, -0.15) is 9.37 Å². The Kier molecular flexibility index (Phi) is 2.85. The summed E-state index contributed by atoms with van der Waals surface area (Å²) in [5.41, 5.74) is 1.90. The lowest BCUT2D eigenvalue weighted by Gasteiger charge is -2.03. The molecule has 3 aromatic heterocycles. The van der Waals surface area contributed by atoms with E-state index >= 15 is 0 Å². The van der Waals surface area contributed by atoms with Crippen molar-refractivity contribution in [3.05, 3.63) is 42.5 Å². The minimum Gasteiger partial charge on any atom is -0.293 e. The fourth-order valence-corrected chi connectivity index (χ4v) is 2.30. The molecule has 1 aliphatic rings. The minimum atomic E-state index is -0.558. The van der Waals surface area contributed by atoms with E-state index in [4.69, 9.17) is 0 Å². The van der Waals surface area contributed by atoms with E-state index in [1.807, 2.05) is 12.1 Å². The molecule has 0 saturated heterocycles. The maximum absolute atomic E-state index is 13.3. The Morgan fingerprint density at radius 3 is 2.95 bits per heavy atom. The molecule has 0 radical (unpaired) electrons. The molecule has 1 fully saturated rings. The van der Waals surface area contributed by atoms with Gasteiger partial charge in [0.2, 0.25) is 17.8 Å². The van der Waals surface area contributed by atoms with E-state index < -0.39 is 5.95 Å². The van der Waals surface area contributed by atoms with Gasteiger partial charge in [0.1, 0.15) is 0 Å². The lowest BCUT2D eigenvalue weighted by Crippen LogP contribution is -2.14. The number of pyridine rings is 2.